The fourth-order valence-electron chi connectivity index (χ4n) is 2.05. The number of rotatable bonds is 10. The SMILES string of the molecule is CC(CCOCCCn1cnc(Br)c1)OCc1ccccc1. The number of aryl methyl sites for hydroxylation is 1. The second kappa shape index (κ2) is 9.77. The molecule has 0 fully saturated rings. The number of aromatic nitrogens is 2. The van der Waals surface area contributed by atoms with Gasteiger partial charge in [0.2, 0.25) is 0 Å². The first-order chi connectivity index (χ1) is 10.7. The van der Waals surface area contributed by atoms with Gasteiger partial charge in [0.25, 0.3) is 0 Å². The smallest absolute Gasteiger partial charge is 0.124 e. The molecule has 0 aliphatic rings. The van der Waals surface area contributed by atoms with Crippen LogP contribution in [0.1, 0.15) is 25.3 Å². The van der Waals surface area contributed by atoms with Crippen LogP contribution >= 0.6 is 15.9 Å². The standard InChI is InChI=1S/C17H23BrN2O2/c1-15(22-13-16-6-3-2-4-7-16)8-11-21-10-5-9-20-12-17(18)19-14-20/h2-4,6-7,12,14-15H,5,8-11,13H2,1H3. The Morgan fingerprint density at radius 3 is 2.77 bits per heavy atom. The highest BCUT2D eigenvalue weighted by molar-refractivity contribution is 9.10. The fraction of sp³-hybridized carbons (Fsp3) is 0.471. The zero-order chi connectivity index (χ0) is 15.6. The molecule has 1 atom stereocenters. The molecule has 0 saturated heterocycles. The van der Waals surface area contributed by atoms with Gasteiger partial charge >= 0.3 is 0 Å². The van der Waals surface area contributed by atoms with E-state index in [0.717, 1.165) is 37.2 Å². The molecule has 0 bridgehead atoms. The van der Waals surface area contributed by atoms with Crippen molar-refractivity contribution in [3.63, 3.8) is 0 Å². The van der Waals surface area contributed by atoms with E-state index >= 15 is 0 Å². The fourth-order valence-corrected chi connectivity index (χ4v) is 2.41. The predicted molar refractivity (Wildman–Crippen MR) is 90.7 cm³/mol. The van der Waals surface area contributed by atoms with Crippen molar-refractivity contribution in [3.05, 3.63) is 53.0 Å². The lowest BCUT2D eigenvalue weighted by Gasteiger charge is -2.13. The Balaban J connectivity index is 1.47. The van der Waals surface area contributed by atoms with Crippen molar-refractivity contribution in [1.82, 2.24) is 9.55 Å². The Morgan fingerprint density at radius 1 is 1.23 bits per heavy atom. The largest absolute Gasteiger partial charge is 0.381 e. The van der Waals surface area contributed by atoms with Crippen molar-refractivity contribution < 1.29 is 9.47 Å². The van der Waals surface area contributed by atoms with Gasteiger partial charge in [-0.2, -0.15) is 0 Å². The number of halogens is 1. The Labute approximate surface area is 140 Å². The van der Waals surface area contributed by atoms with Gasteiger partial charge in [0.1, 0.15) is 4.60 Å². The average molecular weight is 367 g/mol. The summed E-state index contributed by atoms with van der Waals surface area (Å²) in [4.78, 5) is 4.12. The van der Waals surface area contributed by atoms with E-state index in [2.05, 4.69) is 44.5 Å². The second-order valence-corrected chi connectivity index (χ2v) is 6.11. The molecule has 1 unspecified atom stereocenters. The van der Waals surface area contributed by atoms with Crippen LogP contribution in [0, 0.1) is 0 Å². The third-order valence-electron chi connectivity index (χ3n) is 3.35. The van der Waals surface area contributed by atoms with Crippen molar-refractivity contribution in [3.8, 4) is 0 Å². The van der Waals surface area contributed by atoms with E-state index in [0.29, 0.717) is 6.61 Å². The van der Waals surface area contributed by atoms with Gasteiger partial charge < -0.3 is 14.0 Å². The number of hydrogen-bond acceptors (Lipinski definition) is 3. The Kier molecular flexibility index (Phi) is 7.63. The van der Waals surface area contributed by atoms with Gasteiger partial charge in [-0.1, -0.05) is 30.3 Å². The molecule has 0 spiro atoms. The van der Waals surface area contributed by atoms with Crippen LogP contribution in [0.25, 0.3) is 0 Å². The summed E-state index contributed by atoms with van der Waals surface area (Å²) >= 11 is 3.34. The number of ether oxygens (including phenoxy) is 2. The Bertz CT molecular complexity index is 530. The maximum absolute atomic E-state index is 5.81. The molecule has 0 aliphatic carbocycles. The van der Waals surface area contributed by atoms with Gasteiger partial charge in [0, 0.05) is 26.0 Å². The van der Waals surface area contributed by atoms with Gasteiger partial charge in [-0.3, -0.25) is 0 Å². The van der Waals surface area contributed by atoms with Crippen LogP contribution < -0.4 is 0 Å². The zero-order valence-electron chi connectivity index (χ0n) is 13.0. The maximum atomic E-state index is 5.81. The quantitative estimate of drug-likeness (QED) is 0.595. The molecule has 120 valence electrons. The van der Waals surface area contributed by atoms with Gasteiger partial charge in [-0.25, -0.2) is 4.98 Å². The lowest BCUT2D eigenvalue weighted by Crippen LogP contribution is -2.12. The first-order valence-electron chi connectivity index (χ1n) is 7.64. The van der Waals surface area contributed by atoms with Gasteiger partial charge in [-0.05, 0) is 41.3 Å². The average Bonchev–Trinajstić information content (AvgIpc) is 2.95. The van der Waals surface area contributed by atoms with Crippen LogP contribution in [-0.4, -0.2) is 28.9 Å². The molecular formula is C17H23BrN2O2. The third-order valence-corrected chi connectivity index (χ3v) is 3.76. The van der Waals surface area contributed by atoms with Crippen LogP contribution in [0.2, 0.25) is 0 Å². The summed E-state index contributed by atoms with van der Waals surface area (Å²) in [5.41, 5.74) is 1.21. The van der Waals surface area contributed by atoms with Crippen LogP contribution in [0.5, 0.6) is 0 Å². The Hall–Kier alpha value is -1.17. The monoisotopic (exact) mass is 366 g/mol. The van der Waals surface area contributed by atoms with Crippen molar-refractivity contribution in [1.29, 1.82) is 0 Å². The first-order valence-corrected chi connectivity index (χ1v) is 8.44. The first kappa shape index (κ1) is 17.2. The summed E-state index contributed by atoms with van der Waals surface area (Å²) in [6, 6.07) is 10.2. The minimum absolute atomic E-state index is 0.213. The number of nitrogens with zero attached hydrogens (tertiary/aromatic N) is 2. The van der Waals surface area contributed by atoms with Crippen LogP contribution in [0.15, 0.2) is 47.5 Å². The summed E-state index contributed by atoms with van der Waals surface area (Å²) in [5, 5.41) is 0. The number of hydrogen-bond donors (Lipinski definition) is 0. The molecule has 1 aromatic carbocycles. The summed E-state index contributed by atoms with van der Waals surface area (Å²) in [6.45, 7) is 5.19. The van der Waals surface area contributed by atoms with E-state index in [4.69, 9.17) is 9.47 Å². The molecule has 0 aliphatic heterocycles. The third kappa shape index (κ3) is 6.73. The minimum atomic E-state index is 0.213. The van der Waals surface area contributed by atoms with Crippen molar-refractivity contribution in [2.24, 2.45) is 0 Å². The Morgan fingerprint density at radius 2 is 2.05 bits per heavy atom. The maximum Gasteiger partial charge on any atom is 0.124 e. The summed E-state index contributed by atoms with van der Waals surface area (Å²) in [5.74, 6) is 0. The highest BCUT2D eigenvalue weighted by Crippen LogP contribution is 2.07. The molecule has 2 rings (SSSR count). The van der Waals surface area contributed by atoms with Crippen molar-refractivity contribution >= 4 is 15.9 Å². The van der Waals surface area contributed by atoms with Gasteiger partial charge in [-0.15, -0.1) is 0 Å². The number of imidazole rings is 1. The molecule has 1 aromatic heterocycles. The molecule has 0 radical (unpaired) electrons. The normalized spacial score (nSPS) is 12.5. The molecular weight excluding hydrogens is 344 g/mol. The molecule has 5 heteroatoms. The molecule has 22 heavy (non-hydrogen) atoms. The lowest BCUT2D eigenvalue weighted by atomic mass is 10.2. The zero-order valence-corrected chi connectivity index (χ0v) is 14.5. The number of benzene rings is 1. The van der Waals surface area contributed by atoms with Crippen LogP contribution in [-0.2, 0) is 22.6 Å². The van der Waals surface area contributed by atoms with Crippen LogP contribution in [0.3, 0.4) is 0 Å². The van der Waals surface area contributed by atoms with E-state index in [1.54, 1.807) is 0 Å². The van der Waals surface area contributed by atoms with Gasteiger partial charge in [0.05, 0.1) is 19.0 Å². The molecule has 1 heterocycles. The lowest BCUT2D eigenvalue weighted by molar-refractivity contribution is 0.0214. The van der Waals surface area contributed by atoms with Crippen molar-refractivity contribution in [2.45, 2.75) is 39.0 Å². The predicted octanol–water partition coefficient (Wildman–Crippen LogP) is 4.05. The van der Waals surface area contributed by atoms with Crippen molar-refractivity contribution in [2.75, 3.05) is 13.2 Å². The minimum Gasteiger partial charge on any atom is -0.381 e. The van der Waals surface area contributed by atoms with E-state index in [1.807, 2.05) is 30.7 Å². The highest BCUT2D eigenvalue weighted by Gasteiger charge is 2.03. The molecule has 0 N–H and O–H groups in total. The van der Waals surface area contributed by atoms with E-state index < -0.39 is 0 Å². The highest BCUT2D eigenvalue weighted by atomic mass is 79.9. The molecule has 0 amide bonds. The molecule has 0 saturated carbocycles. The van der Waals surface area contributed by atoms with E-state index in [-0.39, 0.29) is 6.10 Å². The van der Waals surface area contributed by atoms with Gasteiger partial charge in [0.15, 0.2) is 0 Å². The second-order valence-electron chi connectivity index (χ2n) is 5.30. The molecule has 2 aromatic rings. The van der Waals surface area contributed by atoms with E-state index in [9.17, 15) is 0 Å². The topological polar surface area (TPSA) is 36.3 Å². The summed E-state index contributed by atoms with van der Waals surface area (Å²) in [7, 11) is 0. The van der Waals surface area contributed by atoms with Crippen LogP contribution in [0.4, 0.5) is 0 Å². The molecule has 4 nitrogen and oxygen atoms in total. The summed E-state index contributed by atoms with van der Waals surface area (Å²) in [6.07, 6.45) is 5.92. The van der Waals surface area contributed by atoms with E-state index in [1.165, 1.54) is 5.56 Å². The summed E-state index contributed by atoms with van der Waals surface area (Å²) < 4.78 is 14.4.